The number of guanidine groups is 1. The summed E-state index contributed by atoms with van der Waals surface area (Å²) in [4.78, 5) is 5.71. The quantitative estimate of drug-likeness (QED) is 0.388. The molecule has 0 saturated carbocycles. The average molecular weight is 470 g/mol. The summed E-state index contributed by atoms with van der Waals surface area (Å²) < 4.78 is 37.1. The molecule has 3 N–H and O–H groups in total. The van der Waals surface area contributed by atoms with Crippen LogP contribution in [0.15, 0.2) is 29.3 Å². The van der Waals surface area contributed by atoms with Gasteiger partial charge in [-0.3, -0.25) is 9.89 Å². The van der Waals surface area contributed by atoms with Crippen LogP contribution < -0.4 is 11.1 Å². The molecular formula is C17H26F3IN4. The highest BCUT2D eigenvalue weighted by atomic mass is 127. The molecule has 1 fully saturated rings. The summed E-state index contributed by atoms with van der Waals surface area (Å²) >= 11 is 0. The highest BCUT2D eigenvalue weighted by molar-refractivity contribution is 14.0. The summed E-state index contributed by atoms with van der Waals surface area (Å²) in [6.07, 6.45) is -3.42. The van der Waals surface area contributed by atoms with E-state index in [9.17, 15) is 13.2 Å². The van der Waals surface area contributed by atoms with Gasteiger partial charge in [-0.05, 0) is 42.5 Å². The number of likely N-dealkylation sites (tertiary alicyclic amines) is 1. The molecule has 1 aliphatic rings. The maximum absolute atomic E-state index is 12.4. The summed E-state index contributed by atoms with van der Waals surface area (Å²) in [5.41, 5.74) is 7.96. The monoisotopic (exact) mass is 470 g/mol. The number of nitrogens with two attached hydrogens (primary N) is 1. The van der Waals surface area contributed by atoms with Crippen LogP contribution in [0.3, 0.4) is 0 Å². The minimum Gasteiger partial charge on any atom is -0.370 e. The number of alkyl halides is 3. The lowest BCUT2D eigenvalue weighted by atomic mass is 10.0. The third-order valence-electron chi connectivity index (χ3n) is 4.12. The Hall–Kier alpha value is -1.03. The Kier molecular flexibility index (Phi) is 8.46. The van der Waals surface area contributed by atoms with Crippen LogP contribution in [0.25, 0.3) is 0 Å². The zero-order valence-electron chi connectivity index (χ0n) is 14.5. The van der Waals surface area contributed by atoms with E-state index < -0.39 is 12.7 Å². The van der Waals surface area contributed by atoms with Crippen LogP contribution >= 0.6 is 24.0 Å². The van der Waals surface area contributed by atoms with Crippen molar-refractivity contribution in [1.29, 1.82) is 0 Å². The number of aliphatic imine (C=N–C) groups is 1. The van der Waals surface area contributed by atoms with Crippen molar-refractivity contribution < 1.29 is 13.2 Å². The highest BCUT2D eigenvalue weighted by Crippen LogP contribution is 2.23. The van der Waals surface area contributed by atoms with Crippen molar-refractivity contribution in [1.82, 2.24) is 4.90 Å². The molecule has 8 heteroatoms. The third kappa shape index (κ3) is 7.81. The second-order valence-corrected chi connectivity index (χ2v) is 6.64. The molecule has 2 rings (SSSR count). The molecule has 1 unspecified atom stereocenters. The SMILES string of the molecule is CC(C)c1cccc(NC(N)=NCC2CCN(CC(F)(F)F)C2)c1.I. The Morgan fingerprint density at radius 2 is 2.12 bits per heavy atom. The molecule has 1 heterocycles. The molecule has 4 nitrogen and oxygen atoms in total. The average Bonchev–Trinajstić information content (AvgIpc) is 2.91. The number of benzene rings is 1. The first kappa shape index (κ1) is 22.0. The van der Waals surface area contributed by atoms with Crippen LogP contribution in [0.4, 0.5) is 18.9 Å². The van der Waals surface area contributed by atoms with Gasteiger partial charge in [-0.2, -0.15) is 13.2 Å². The Morgan fingerprint density at radius 1 is 1.40 bits per heavy atom. The van der Waals surface area contributed by atoms with Crippen LogP contribution in [0.5, 0.6) is 0 Å². The van der Waals surface area contributed by atoms with Gasteiger partial charge in [0.1, 0.15) is 0 Å². The molecule has 1 saturated heterocycles. The van der Waals surface area contributed by atoms with E-state index in [2.05, 4.69) is 30.2 Å². The van der Waals surface area contributed by atoms with E-state index in [1.807, 2.05) is 18.2 Å². The van der Waals surface area contributed by atoms with E-state index >= 15 is 0 Å². The van der Waals surface area contributed by atoms with Crippen molar-refractivity contribution >= 4 is 35.6 Å². The minimum atomic E-state index is -4.14. The van der Waals surface area contributed by atoms with Gasteiger partial charge < -0.3 is 11.1 Å². The van der Waals surface area contributed by atoms with E-state index in [0.29, 0.717) is 31.5 Å². The van der Waals surface area contributed by atoms with Gasteiger partial charge in [0.2, 0.25) is 0 Å². The zero-order valence-corrected chi connectivity index (χ0v) is 16.8. The number of rotatable bonds is 5. The topological polar surface area (TPSA) is 53.6 Å². The van der Waals surface area contributed by atoms with Gasteiger partial charge in [0.05, 0.1) is 6.54 Å². The lowest BCUT2D eigenvalue weighted by Gasteiger charge is -2.17. The van der Waals surface area contributed by atoms with E-state index in [0.717, 1.165) is 12.1 Å². The van der Waals surface area contributed by atoms with Gasteiger partial charge >= 0.3 is 6.18 Å². The van der Waals surface area contributed by atoms with E-state index in [4.69, 9.17) is 5.73 Å². The molecule has 1 aliphatic heterocycles. The van der Waals surface area contributed by atoms with Crippen molar-refractivity contribution in [2.45, 2.75) is 32.4 Å². The van der Waals surface area contributed by atoms with Crippen LogP contribution in [0.2, 0.25) is 0 Å². The Bertz CT molecular complexity index is 575. The van der Waals surface area contributed by atoms with Crippen molar-refractivity contribution in [2.75, 3.05) is 31.5 Å². The van der Waals surface area contributed by atoms with Crippen molar-refractivity contribution in [3.8, 4) is 0 Å². The molecule has 0 radical (unpaired) electrons. The molecule has 1 atom stereocenters. The number of nitrogens with zero attached hydrogens (tertiary/aromatic N) is 2. The molecule has 0 spiro atoms. The normalized spacial score (nSPS) is 19.1. The summed E-state index contributed by atoms with van der Waals surface area (Å²) in [6, 6.07) is 7.94. The van der Waals surface area contributed by atoms with Gasteiger partial charge in [0.15, 0.2) is 5.96 Å². The van der Waals surface area contributed by atoms with Crippen LogP contribution in [-0.2, 0) is 0 Å². The third-order valence-corrected chi connectivity index (χ3v) is 4.12. The van der Waals surface area contributed by atoms with E-state index in [1.165, 1.54) is 10.5 Å². The number of nitrogens with one attached hydrogen (secondary N) is 1. The number of anilines is 1. The molecule has 1 aromatic carbocycles. The molecule has 0 aromatic heterocycles. The van der Waals surface area contributed by atoms with Gasteiger partial charge in [0, 0.05) is 18.8 Å². The van der Waals surface area contributed by atoms with Crippen molar-refractivity contribution in [3.05, 3.63) is 29.8 Å². The predicted octanol–water partition coefficient (Wildman–Crippen LogP) is 4.04. The molecule has 0 bridgehead atoms. The fourth-order valence-corrected chi connectivity index (χ4v) is 2.85. The Balaban J connectivity index is 0.00000312. The van der Waals surface area contributed by atoms with Gasteiger partial charge in [-0.1, -0.05) is 26.0 Å². The largest absolute Gasteiger partial charge is 0.401 e. The standard InChI is InChI=1S/C17H25F3N4.HI/c1-12(2)14-4-3-5-15(8-14)23-16(21)22-9-13-6-7-24(10-13)11-17(18,19)20;/h3-5,8,12-13H,6-7,9-11H2,1-2H3,(H3,21,22,23);1H. The van der Waals surface area contributed by atoms with Gasteiger partial charge in [-0.15, -0.1) is 24.0 Å². The molecule has 0 amide bonds. The number of halogens is 4. The molecule has 0 aliphatic carbocycles. The summed E-state index contributed by atoms with van der Waals surface area (Å²) in [5, 5.41) is 3.04. The van der Waals surface area contributed by atoms with Crippen LogP contribution in [0, 0.1) is 5.92 Å². The maximum atomic E-state index is 12.4. The van der Waals surface area contributed by atoms with Crippen LogP contribution in [0.1, 0.15) is 31.7 Å². The van der Waals surface area contributed by atoms with Gasteiger partial charge in [0.25, 0.3) is 0 Å². The molecular weight excluding hydrogens is 444 g/mol. The lowest BCUT2D eigenvalue weighted by Crippen LogP contribution is -2.32. The maximum Gasteiger partial charge on any atom is 0.401 e. The van der Waals surface area contributed by atoms with Crippen molar-refractivity contribution in [3.63, 3.8) is 0 Å². The summed E-state index contributed by atoms with van der Waals surface area (Å²) in [6.45, 7) is 4.70. The molecule has 1 aromatic rings. The molecule has 25 heavy (non-hydrogen) atoms. The van der Waals surface area contributed by atoms with E-state index in [-0.39, 0.29) is 29.9 Å². The van der Waals surface area contributed by atoms with Gasteiger partial charge in [-0.25, -0.2) is 0 Å². The van der Waals surface area contributed by atoms with Crippen molar-refractivity contribution in [2.24, 2.45) is 16.6 Å². The lowest BCUT2D eigenvalue weighted by molar-refractivity contribution is -0.143. The first-order chi connectivity index (χ1) is 11.2. The Labute approximate surface area is 164 Å². The van der Waals surface area contributed by atoms with E-state index in [1.54, 1.807) is 0 Å². The fourth-order valence-electron chi connectivity index (χ4n) is 2.85. The highest BCUT2D eigenvalue weighted by Gasteiger charge is 2.34. The molecule has 142 valence electrons. The first-order valence-corrected chi connectivity index (χ1v) is 8.19. The smallest absolute Gasteiger partial charge is 0.370 e. The Morgan fingerprint density at radius 3 is 2.76 bits per heavy atom. The summed E-state index contributed by atoms with van der Waals surface area (Å²) in [5.74, 6) is 0.836. The first-order valence-electron chi connectivity index (χ1n) is 8.19. The fraction of sp³-hybridized carbons (Fsp3) is 0.588. The summed E-state index contributed by atoms with van der Waals surface area (Å²) in [7, 11) is 0. The van der Waals surface area contributed by atoms with Crippen LogP contribution in [-0.4, -0.2) is 43.2 Å². The number of hydrogen-bond donors (Lipinski definition) is 2. The zero-order chi connectivity index (χ0) is 17.7. The second kappa shape index (κ2) is 9.61. The number of hydrogen-bond acceptors (Lipinski definition) is 2. The minimum absolute atomic E-state index is 0. The second-order valence-electron chi connectivity index (χ2n) is 6.64. The predicted molar refractivity (Wildman–Crippen MR) is 107 cm³/mol.